The van der Waals surface area contributed by atoms with Gasteiger partial charge in [-0.05, 0) is 48.4 Å². The summed E-state index contributed by atoms with van der Waals surface area (Å²) in [4.78, 5) is 22.8. The van der Waals surface area contributed by atoms with E-state index < -0.39 is 0 Å². The van der Waals surface area contributed by atoms with E-state index in [9.17, 15) is 14.0 Å². The predicted molar refractivity (Wildman–Crippen MR) is 87.7 cm³/mol. The molecule has 0 aliphatic heterocycles. The Balaban J connectivity index is 1.86. The Morgan fingerprint density at radius 1 is 1.00 bits per heavy atom. The molecule has 2 aromatic carbocycles. The normalized spacial score (nSPS) is 10.0. The molecule has 0 heterocycles. The first-order valence-electron chi connectivity index (χ1n) is 7.11. The van der Waals surface area contributed by atoms with Gasteiger partial charge in [0.05, 0.1) is 0 Å². The van der Waals surface area contributed by atoms with Crippen molar-refractivity contribution < 1.29 is 14.0 Å². The van der Waals surface area contributed by atoms with Gasteiger partial charge in [0.15, 0.2) is 0 Å². The summed E-state index contributed by atoms with van der Waals surface area (Å²) in [6.07, 6.45) is 0. The van der Waals surface area contributed by atoms with E-state index in [1.54, 1.807) is 43.3 Å². The van der Waals surface area contributed by atoms with Gasteiger partial charge in [-0.15, -0.1) is 0 Å². The number of nitrogens with one attached hydrogen (secondary N) is 3. The first kappa shape index (κ1) is 16.5. The number of halogens is 1. The topological polar surface area (TPSA) is 70.2 Å². The second-order valence-corrected chi connectivity index (χ2v) is 5.15. The fourth-order valence-corrected chi connectivity index (χ4v) is 2.01. The summed E-state index contributed by atoms with van der Waals surface area (Å²) in [5, 5.41) is 8.02. The van der Waals surface area contributed by atoms with Crippen LogP contribution in [0.15, 0.2) is 42.5 Å². The molecule has 5 nitrogen and oxygen atoms in total. The second kappa shape index (κ2) is 7.40. The third-order valence-corrected chi connectivity index (χ3v) is 3.14. The number of benzene rings is 2. The molecule has 0 bridgehead atoms. The fourth-order valence-electron chi connectivity index (χ4n) is 2.01. The Hall–Kier alpha value is -2.89. The summed E-state index contributed by atoms with van der Waals surface area (Å²) >= 11 is 0. The van der Waals surface area contributed by atoms with Crippen molar-refractivity contribution in [2.45, 2.75) is 20.4 Å². The maximum absolute atomic E-state index is 13.2. The van der Waals surface area contributed by atoms with E-state index in [0.717, 1.165) is 5.56 Å². The third kappa shape index (κ3) is 5.10. The number of amides is 3. The number of anilines is 2. The van der Waals surface area contributed by atoms with E-state index in [1.807, 2.05) is 0 Å². The Morgan fingerprint density at radius 3 is 2.17 bits per heavy atom. The zero-order valence-corrected chi connectivity index (χ0v) is 12.9. The third-order valence-electron chi connectivity index (χ3n) is 3.14. The van der Waals surface area contributed by atoms with Crippen LogP contribution in [0.5, 0.6) is 0 Å². The van der Waals surface area contributed by atoms with Crippen molar-refractivity contribution in [3.8, 4) is 0 Å². The van der Waals surface area contributed by atoms with Gasteiger partial charge in [0.25, 0.3) is 0 Å². The summed E-state index contributed by atoms with van der Waals surface area (Å²) in [6, 6.07) is 11.1. The first-order valence-corrected chi connectivity index (χ1v) is 7.11. The molecule has 0 unspecified atom stereocenters. The highest BCUT2D eigenvalue weighted by molar-refractivity contribution is 5.91. The number of carbonyl (C=O) groups is 2. The molecule has 0 aromatic heterocycles. The average molecular weight is 315 g/mol. The molecular weight excluding hydrogens is 297 g/mol. The van der Waals surface area contributed by atoms with Crippen LogP contribution in [-0.4, -0.2) is 11.9 Å². The zero-order chi connectivity index (χ0) is 16.8. The average Bonchev–Trinajstić information content (AvgIpc) is 2.50. The van der Waals surface area contributed by atoms with Crippen LogP contribution in [0.3, 0.4) is 0 Å². The van der Waals surface area contributed by atoms with Crippen molar-refractivity contribution in [2.75, 3.05) is 10.6 Å². The zero-order valence-electron chi connectivity index (χ0n) is 12.9. The van der Waals surface area contributed by atoms with Crippen LogP contribution in [0.4, 0.5) is 20.6 Å². The van der Waals surface area contributed by atoms with Crippen LogP contribution in [0.25, 0.3) is 0 Å². The molecule has 0 saturated heterocycles. The highest BCUT2D eigenvalue weighted by atomic mass is 19.1. The fraction of sp³-hybridized carbons (Fsp3) is 0.176. The van der Waals surface area contributed by atoms with E-state index >= 15 is 0 Å². The van der Waals surface area contributed by atoms with Gasteiger partial charge in [0.1, 0.15) is 5.82 Å². The molecule has 3 amide bonds. The number of carbonyl (C=O) groups excluding carboxylic acids is 2. The van der Waals surface area contributed by atoms with Crippen LogP contribution in [0.1, 0.15) is 18.1 Å². The molecule has 3 N–H and O–H groups in total. The van der Waals surface area contributed by atoms with Gasteiger partial charge in [0.2, 0.25) is 5.91 Å². The van der Waals surface area contributed by atoms with Gasteiger partial charge < -0.3 is 16.0 Å². The summed E-state index contributed by atoms with van der Waals surface area (Å²) in [6.45, 7) is 3.41. The standard InChI is InChI=1S/C17H18FN3O2/c1-11-9-13(3-8-16(11)18)10-19-17(23)21-15-6-4-14(5-7-15)20-12(2)22/h3-9H,10H2,1-2H3,(H,20,22)(H2,19,21,23). The lowest BCUT2D eigenvalue weighted by Gasteiger charge is -2.09. The minimum Gasteiger partial charge on any atom is -0.334 e. The maximum Gasteiger partial charge on any atom is 0.319 e. The molecule has 23 heavy (non-hydrogen) atoms. The molecule has 0 saturated carbocycles. The molecule has 2 rings (SSSR count). The molecule has 0 spiro atoms. The van der Waals surface area contributed by atoms with E-state index in [-0.39, 0.29) is 17.8 Å². The molecule has 6 heteroatoms. The van der Waals surface area contributed by atoms with Gasteiger partial charge in [-0.2, -0.15) is 0 Å². The van der Waals surface area contributed by atoms with Gasteiger partial charge in [-0.3, -0.25) is 4.79 Å². The maximum atomic E-state index is 13.2. The lowest BCUT2D eigenvalue weighted by Crippen LogP contribution is -2.28. The SMILES string of the molecule is CC(=O)Nc1ccc(NC(=O)NCc2ccc(F)c(C)c2)cc1. The van der Waals surface area contributed by atoms with E-state index in [2.05, 4.69) is 16.0 Å². The van der Waals surface area contributed by atoms with Crippen LogP contribution in [0, 0.1) is 12.7 Å². The Kier molecular flexibility index (Phi) is 5.30. The smallest absolute Gasteiger partial charge is 0.319 e. The highest BCUT2D eigenvalue weighted by Crippen LogP contribution is 2.13. The number of aryl methyl sites for hydroxylation is 1. The van der Waals surface area contributed by atoms with Gasteiger partial charge in [-0.1, -0.05) is 12.1 Å². The van der Waals surface area contributed by atoms with Crippen molar-refractivity contribution in [1.82, 2.24) is 5.32 Å². The molecular formula is C17H18FN3O2. The van der Waals surface area contributed by atoms with E-state index in [1.165, 1.54) is 13.0 Å². The number of hydrogen-bond acceptors (Lipinski definition) is 2. The molecule has 0 atom stereocenters. The first-order chi connectivity index (χ1) is 10.9. The molecule has 2 aromatic rings. The minimum atomic E-state index is -0.362. The molecule has 0 aliphatic carbocycles. The van der Waals surface area contributed by atoms with Gasteiger partial charge >= 0.3 is 6.03 Å². The van der Waals surface area contributed by atoms with E-state index in [4.69, 9.17) is 0 Å². The van der Waals surface area contributed by atoms with Crippen LogP contribution in [0.2, 0.25) is 0 Å². The summed E-state index contributed by atoms with van der Waals surface area (Å²) in [5.41, 5.74) is 2.62. The lowest BCUT2D eigenvalue weighted by atomic mass is 10.1. The highest BCUT2D eigenvalue weighted by Gasteiger charge is 2.04. The monoisotopic (exact) mass is 315 g/mol. The van der Waals surface area contributed by atoms with Crippen molar-refractivity contribution in [2.24, 2.45) is 0 Å². The summed E-state index contributed by atoms with van der Waals surface area (Å²) < 4.78 is 13.2. The van der Waals surface area contributed by atoms with Gasteiger partial charge in [-0.25, -0.2) is 9.18 Å². The molecule has 0 radical (unpaired) electrons. The molecule has 0 aliphatic rings. The Labute approximate surface area is 133 Å². The van der Waals surface area contributed by atoms with Crippen LogP contribution >= 0.6 is 0 Å². The second-order valence-electron chi connectivity index (χ2n) is 5.15. The minimum absolute atomic E-state index is 0.155. The van der Waals surface area contributed by atoms with Crippen LogP contribution in [-0.2, 0) is 11.3 Å². The van der Waals surface area contributed by atoms with Crippen molar-refractivity contribution in [1.29, 1.82) is 0 Å². The van der Waals surface area contributed by atoms with Crippen molar-refractivity contribution >= 4 is 23.3 Å². The van der Waals surface area contributed by atoms with Crippen LogP contribution < -0.4 is 16.0 Å². The quantitative estimate of drug-likeness (QED) is 0.809. The molecule has 120 valence electrons. The van der Waals surface area contributed by atoms with Crippen molar-refractivity contribution in [3.63, 3.8) is 0 Å². The van der Waals surface area contributed by atoms with Crippen molar-refractivity contribution in [3.05, 3.63) is 59.4 Å². The largest absolute Gasteiger partial charge is 0.334 e. The number of hydrogen-bond donors (Lipinski definition) is 3. The summed E-state index contributed by atoms with van der Waals surface area (Å²) in [5.74, 6) is -0.421. The van der Waals surface area contributed by atoms with E-state index in [0.29, 0.717) is 23.5 Å². The number of urea groups is 1. The lowest BCUT2D eigenvalue weighted by molar-refractivity contribution is -0.114. The number of rotatable bonds is 4. The Morgan fingerprint density at radius 2 is 1.61 bits per heavy atom. The summed E-state index contributed by atoms with van der Waals surface area (Å²) in [7, 11) is 0. The molecule has 0 fully saturated rings. The predicted octanol–water partition coefficient (Wildman–Crippen LogP) is 3.41. The van der Waals surface area contributed by atoms with Gasteiger partial charge in [0, 0.05) is 24.8 Å². The Bertz CT molecular complexity index is 714.